The second kappa shape index (κ2) is 6.11. The first-order valence-electron chi connectivity index (χ1n) is 6.85. The number of halogens is 1. The third-order valence-corrected chi connectivity index (χ3v) is 4.07. The Balaban J connectivity index is 2.34. The van der Waals surface area contributed by atoms with Gasteiger partial charge in [-0.05, 0) is 37.1 Å². The van der Waals surface area contributed by atoms with Crippen LogP contribution in [0.3, 0.4) is 0 Å². The van der Waals surface area contributed by atoms with E-state index in [1.165, 1.54) is 12.1 Å². The molecule has 8 heteroatoms. The molecule has 0 atom stereocenters. The maximum Gasteiger partial charge on any atom is 0.239 e. The molecule has 0 aliphatic rings. The van der Waals surface area contributed by atoms with Crippen LogP contribution in [0.5, 0.6) is 0 Å². The molecule has 1 N–H and O–H groups in total. The van der Waals surface area contributed by atoms with Gasteiger partial charge in [0.15, 0.2) is 9.84 Å². The lowest BCUT2D eigenvalue weighted by molar-refractivity contribution is -0.113. The Hall–Kier alpha value is -2.22. The van der Waals surface area contributed by atoms with Gasteiger partial charge >= 0.3 is 0 Å². The average Bonchev–Trinajstić information content (AvgIpc) is 2.70. The zero-order chi connectivity index (χ0) is 17.4. The summed E-state index contributed by atoms with van der Waals surface area (Å²) in [5, 5.41) is 6.52. The smallest absolute Gasteiger partial charge is 0.239 e. The first kappa shape index (κ1) is 17.1. The Bertz CT molecular complexity index is 872. The first-order valence-corrected chi connectivity index (χ1v) is 8.91. The van der Waals surface area contributed by atoms with Crippen molar-refractivity contribution in [1.29, 1.82) is 0 Å². The van der Waals surface area contributed by atoms with Gasteiger partial charge in [-0.1, -0.05) is 0 Å². The molecule has 2 aromatic rings. The fraction of sp³-hybridized carbons (Fsp3) is 0.333. The van der Waals surface area contributed by atoms with Gasteiger partial charge in [-0.2, -0.15) is 5.10 Å². The highest BCUT2D eigenvalue weighted by molar-refractivity contribution is 7.91. The van der Waals surface area contributed by atoms with Gasteiger partial charge in [0.25, 0.3) is 0 Å². The highest BCUT2D eigenvalue weighted by Gasteiger charge is 2.16. The van der Waals surface area contributed by atoms with Gasteiger partial charge in [-0.3, -0.25) is 9.48 Å². The number of nitrogens with zero attached hydrogens (tertiary/aromatic N) is 2. The third-order valence-electron chi connectivity index (χ3n) is 3.29. The monoisotopic (exact) mass is 339 g/mol. The first-order chi connectivity index (χ1) is 10.6. The number of aryl methyl sites for hydroxylation is 3. The number of carbonyl (C=O) groups excluding carboxylic acids is 1. The Morgan fingerprint density at radius 3 is 2.48 bits per heavy atom. The summed E-state index contributed by atoms with van der Waals surface area (Å²) in [5.41, 5.74) is 2.95. The van der Waals surface area contributed by atoms with E-state index in [9.17, 15) is 17.6 Å². The maximum absolute atomic E-state index is 14.3. The summed E-state index contributed by atoms with van der Waals surface area (Å²) in [6, 6.07) is 2.80. The van der Waals surface area contributed by atoms with Crippen molar-refractivity contribution in [3.05, 3.63) is 35.4 Å². The minimum atomic E-state index is -3.47. The van der Waals surface area contributed by atoms with Crippen LogP contribution in [-0.4, -0.2) is 36.1 Å². The van der Waals surface area contributed by atoms with Crippen LogP contribution in [-0.2, 0) is 21.7 Å². The van der Waals surface area contributed by atoms with E-state index in [1.54, 1.807) is 24.9 Å². The summed E-state index contributed by atoms with van der Waals surface area (Å²) in [6.07, 6.45) is 2.74. The quantitative estimate of drug-likeness (QED) is 0.921. The lowest BCUT2D eigenvalue weighted by atomic mass is 10.0. The van der Waals surface area contributed by atoms with Gasteiger partial charge in [-0.25, -0.2) is 12.8 Å². The topological polar surface area (TPSA) is 81.1 Å². The van der Waals surface area contributed by atoms with Gasteiger partial charge in [0.05, 0.1) is 11.4 Å². The predicted octanol–water partition coefficient (Wildman–Crippen LogP) is 1.83. The van der Waals surface area contributed by atoms with Gasteiger partial charge < -0.3 is 5.32 Å². The van der Waals surface area contributed by atoms with Crippen LogP contribution in [0.1, 0.15) is 11.3 Å². The zero-order valence-corrected chi connectivity index (χ0v) is 14.2. The molecular weight excluding hydrogens is 321 g/mol. The van der Waals surface area contributed by atoms with E-state index in [-0.39, 0.29) is 5.69 Å². The molecule has 0 bridgehead atoms. The van der Waals surface area contributed by atoms with E-state index < -0.39 is 27.3 Å². The molecule has 0 radical (unpaired) electrons. The highest BCUT2D eigenvalue weighted by atomic mass is 32.2. The summed E-state index contributed by atoms with van der Waals surface area (Å²) in [5.74, 6) is -2.08. The number of hydrogen-bond donors (Lipinski definition) is 1. The lowest BCUT2D eigenvalue weighted by Crippen LogP contribution is -2.22. The Kier molecular flexibility index (Phi) is 4.56. The molecule has 1 amide bonds. The molecule has 0 saturated heterocycles. The number of amides is 1. The molecule has 0 unspecified atom stereocenters. The van der Waals surface area contributed by atoms with Gasteiger partial charge in [0.2, 0.25) is 5.91 Å². The summed E-state index contributed by atoms with van der Waals surface area (Å²) < 4.78 is 38.1. The van der Waals surface area contributed by atoms with Crippen molar-refractivity contribution in [2.24, 2.45) is 7.05 Å². The van der Waals surface area contributed by atoms with Crippen molar-refractivity contribution >= 4 is 21.4 Å². The van der Waals surface area contributed by atoms with Gasteiger partial charge in [0, 0.05) is 25.1 Å². The van der Waals surface area contributed by atoms with Crippen LogP contribution in [0.2, 0.25) is 0 Å². The third kappa shape index (κ3) is 4.16. The molecule has 1 aromatic heterocycles. The molecule has 1 heterocycles. The van der Waals surface area contributed by atoms with Gasteiger partial charge in [0.1, 0.15) is 11.6 Å². The van der Waals surface area contributed by atoms with Crippen molar-refractivity contribution in [3.63, 3.8) is 0 Å². The summed E-state index contributed by atoms with van der Waals surface area (Å²) in [7, 11) is -1.69. The SMILES string of the molecule is Cc1cc(NC(=O)CS(C)(=O)=O)c(F)cc1-c1cn(C)nc1C. The minimum Gasteiger partial charge on any atom is -0.323 e. The molecule has 0 aliphatic heterocycles. The Labute approximate surface area is 134 Å². The molecule has 0 aliphatic carbocycles. The molecule has 124 valence electrons. The van der Waals surface area contributed by atoms with E-state index in [0.717, 1.165) is 23.1 Å². The number of sulfone groups is 1. The van der Waals surface area contributed by atoms with Crippen molar-refractivity contribution in [2.75, 3.05) is 17.3 Å². The van der Waals surface area contributed by atoms with Crippen LogP contribution < -0.4 is 5.32 Å². The standard InChI is InChI=1S/C15H18FN3O3S/c1-9-5-14(17-15(20)8-23(4,21)22)13(16)6-11(9)12-7-19(3)18-10(12)2/h5-7H,8H2,1-4H3,(H,17,20). The van der Waals surface area contributed by atoms with E-state index >= 15 is 0 Å². The van der Waals surface area contributed by atoms with E-state index in [2.05, 4.69) is 10.4 Å². The molecule has 0 saturated carbocycles. The fourth-order valence-corrected chi connectivity index (χ4v) is 2.90. The number of carbonyl (C=O) groups is 1. The molecule has 2 rings (SSSR count). The Morgan fingerprint density at radius 2 is 1.96 bits per heavy atom. The van der Waals surface area contributed by atoms with Crippen LogP contribution in [0.25, 0.3) is 11.1 Å². The summed E-state index contributed by atoms with van der Waals surface area (Å²) in [6.45, 7) is 3.61. The normalized spacial score (nSPS) is 11.5. The summed E-state index contributed by atoms with van der Waals surface area (Å²) in [4.78, 5) is 11.6. The number of hydrogen-bond acceptors (Lipinski definition) is 4. The van der Waals surface area contributed by atoms with Crippen LogP contribution in [0, 0.1) is 19.7 Å². The van der Waals surface area contributed by atoms with Crippen molar-refractivity contribution in [1.82, 2.24) is 9.78 Å². The summed E-state index contributed by atoms with van der Waals surface area (Å²) >= 11 is 0. The number of rotatable bonds is 4. The number of anilines is 1. The van der Waals surface area contributed by atoms with Crippen LogP contribution in [0.4, 0.5) is 10.1 Å². The van der Waals surface area contributed by atoms with Gasteiger partial charge in [-0.15, -0.1) is 0 Å². The number of aromatic nitrogens is 2. The number of nitrogens with one attached hydrogen (secondary N) is 1. The van der Waals surface area contributed by atoms with Crippen LogP contribution in [0.15, 0.2) is 18.3 Å². The molecule has 23 heavy (non-hydrogen) atoms. The Morgan fingerprint density at radius 1 is 1.30 bits per heavy atom. The highest BCUT2D eigenvalue weighted by Crippen LogP contribution is 2.30. The lowest BCUT2D eigenvalue weighted by Gasteiger charge is -2.11. The van der Waals surface area contributed by atoms with Crippen molar-refractivity contribution in [3.8, 4) is 11.1 Å². The maximum atomic E-state index is 14.3. The molecule has 1 aromatic carbocycles. The van der Waals surface area contributed by atoms with Crippen molar-refractivity contribution < 1.29 is 17.6 Å². The zero-order valence-electron chi connectivity index (χ0n) is 13.3. The van der Waals surface area contributed by atoms with Crippen LogP contribution >= 0.6 is 0 Å². The largest absolute Gasteiger partial charge is 0.323 e. The second-order valence-electron chi connectivity index (χ2n) is 5.57. The van der Waals surface area contributed by atoms with E-state index in [4.69, 9.17) is 0 Å². The molecular formula is C15H18FN3O3S. The van der Waals surface area contributed by atoms with E-state index in [1.807, 2.05) is 6.92 Å². The van der Waals surface area contributed by atoms with E-state index in [0.29, 0.717) is 5.56 Å². The average molecular weight is 339 g/mol. The molecule has 0 spiro atoms. The minimum absolute atomic E-state index is 0.0403. The fourth-order valence-electron chi connectivity index (χ4n) is 2.36. The molecule has 0 fully saturated rings. The number of benzene rings is 1. The predicted molar refractivity (Wildman–Crippen MR) is 86.4 cm³/mol. The second-order valence-corrected chi connectivity index (χ2v) is 7.71. The van der Waals surface area contributed by atoms with Crippen molar-refractivity contribution in [2.45, 2.75) is 13.8 Å². The molecule has 6 nitrogen and oxygen atoms in total.